The highest BCUT2D eigenvalue weighted by atomic mass is 35.5. The second-order valence-corrected chi connectivity index (χ2v) is 9.35. The first-order valence-electron chi connectivity index (χ1n) is 12.0. The van der Waals surface area contributed by atoms with E-state index < -0.39 is 0 Å². The van der Waals surface area contributed by atoms with E-state index in [-0.39, 0.29) is 18.0 Å². The Morgan fingerprint density at radius 2 is 1.91 bits per heavy atom. The lowest BCUT2D eigenvalue weighted by molar-refractivity contribution is -0.135. The number of halogens is 1. The highest BCUT2D eigenvalue weighted by Crippen LogP contribution is 2.34. The largest absolute Gasteiger partial charge is 0.496 e. The summed E-state index contributed by atoms with van der Waals surface area (Å²) in [7, 11) is 1.69. The van der Waals surface area contributed by atoms with Crippen LogP contribution in [0, 0.1) is 0 Å². The Morgan fingerprint density at radius 1 is 1.12 bits per heavy atom. The minimum Gasteiger partial charge on any atom is -0.496 e. The highest BCUT2D eigenvalue weighted by molar-refractivity contribution is 6.30. The van der Waals surface area contributed by atoms with E-state index in [4.69, 9.17) is 16.3 Å². The number of piperazine rings is 1. The van der Waals surface area contributed by atoms with Crippen molar-refractivity contribution < 1.29 is 9.53 Å². The number of amides is 1. The summed E-state index contributed by atoms with van der Waals surface area (Å²) in [5.41, 5.74) is 7.75. The van der Waals surface area contributed by atoms with Gasteiger partial charge >= 0.3 is 0 Å². The van der Waals surface area contributed by atoms with Gasteiger partial charge in [-0.3, -0.25) is 9.80 Å². The maximum atomic E-state index is 13.6. The predicted octanol–water partition coefficient (Wildman–Crippen LogP) is 5.65. The zero-order valence-electron chi connectivity index (χ0n) is 19.8. The van der Waals surface area contributed by atoms with Crippen LogP contribution < -0.4 is 10.2 Å². The molecule has 2 atom stereocenters. The van der Waals surface area contributed by atoms with Crippen LogP contribution in [0.25, 0.3) is 0 Å². The number of nitrogens with one attached hydrogen (secondary N) is 1. The molecule has 1 N–H and O–H groups in total. The van der Waals surface area contributed by atoms with E-state index in [1.165, 1.54) is 18.4 Å². The summed E-state index contributed by atoms with van der Waals surface area (Å²) >= 11 is 6.08. The molecule has 0 aromatic heterocycles. The molecule has 4 rings (SSSR count). The average Bonchev–Trinajstić information content (AvgIpc) is 3.28. The molecule has 2 aliphatic heterocycles. The van der Waals surface area contributed by atoms with Gasteiger partial charge in [0.05, 0.1) is 19.2 Å². The van der Waals surface area contributed by atoms with Gasteiger partial charge in [-0.25, -0.2) is 5.43 Å². The number of hydrogen-bond acceptors (Lipinski definition) is 4. The first kappa shape index (κ1) is 23.7. The van der Waals surface area contributed by atoms with E-state index in [0.29, 0.717) is 18.1 Å². The van der Waals surface area contributed by atoms with Crippen molar-refractivity contribution in [2.24, 2.45) is 0 Å². The maximum Gasteiger partial charge on any atom is 0.271 e. The number of benzene rings is 2. The number of nitrogens with zero attached hydrogens (tertiary/aromatic N) is 2. The Labute approximate surface area is 202 Å². The van der Waals surface area contributed by atoms with E-state index in [1.807, 2.05) is 35.2 Å². The number of carbonyl (C=O) groups excluding carboxylic acids is 1. The van der Waals surface area contributed by atoms with E-state index in [1.54, 1.807) is 7.11 Å². The lowest BCUT2D eigenvalue weighted by Crippen LogP contribution is -2.56. The topological polar surface area (TPSA) is 44.8 Å². The summed E-state index contributed by atoms with van der Waals surface area (Å²) in [5, 5.41) is 2.83. The van der Waals surface area contributed by atoms with Gasteiger partial charge in [0.15, 0.2) is 0 Å². The van der Waals surface area contributed by atoms with Crippen LogP contribution in [0.4, 0.5) is 0 Å². The molecule has 0 bridgehead atoms. The van der Waals surface area contributed by atoms with Gasteiger partial charge < -0.3 is 9.64 Å². The second kappa shape index (κ2) is 10.6. The molecule has 176 valence electrons. The summed E-state index contributed by atoms with van der Waals surface area (Å²) in [6.45, 7) is 5.61. The number of unbranched alkanes of at least 4 members (excludes halogenated alkanes) is 2. The van der Waals surface area contributed by atoms with Crippen molar-refractivity contribution in [1.29, 1.82) is 0 Å². The normalized spacial score (nSPS) is 20.1. The Bertz CT molecular complexity index is 1000. The summed E-state index contributed by atoms with van der Waals surface area (Å²) in [5.74, 6) is 0.900. The van der Waals surface area contributed by atoms with Gasteiger partial charge in [0.1, 0.15) is 11.4 Å². The molecule has 1 fully saturated rings. The molecule has 1 amide bonds. The third-order valence-electron chi connectivity index (χ3n) is 6.65. The van der Waals surface area contributed by atoms with Gasteiger partial charge in [-0.2, -0.15) is 0 Å². The van der Waals surface area contributed by atoms with Crippen LogP contribution in [0.15, 0.2) is 54.2 Å². The molecule has 0 saturated carbocycles. The molecular weight excluding hydrogens is 434 g/mol. The van der Waals surface area contributed by atoms with Gasteiger partial charge in [0.25, 0.3) is 5.91 Å². The number of carbonyl (C=O) groups is 1. The summed E-state index contributed by atoms with van der Waals surface area (Å²) in [6.07, 6.45) is 7.58. The molecule has 0 radical (unpaired) electrons. The van der Waals surface area contributed by atoms with Crippen LogP contribution >= 0.6 is 11.6 Å². The third kappa shape index (κ3) is 5.20. The molecule has 5 nitrogen and oxygen atoms in total. The number of rotatable bonds is 9. The fraction of sp³-hybridized carbons (Fsp3) is 0.444. The van der Waals surface area contributed by atoms with Crippen LogP contribution in [0.3, 0.4) is 0 Å². The fourth-order valence-electron chi connectivity index (χ4n) is 4.76. The molecule has 0 spiro atoms. The van der Waals surface area contributed by atoms with Crippen molar-refractivity contribution in [1.82, 2.24) is 15.3 Å². The zero-order valence-corrected chi connectivity index (χ0v) is 20.6. The number of methoxy groups -OCH3 is 1. The van der Waals surface area contributed by atoms with E-state index in [9.17, 15) is 4.79 Å². The van der Waals surface area contributed by atoms with Crippen molar-refractivity contribution >= 4 is 17.5 Å². The van der Waals surface area contributed by atoms with E-state index in [0.717, 1.165) is 41.8 Å². The molecule has 6 heteroatoms. The third-order valence-corrected chi connectivity index (χ3v) is 6.90. The Hall–Kier alpha value is -2.50. The standard InChI is InChI=1S/C27H34ClN3O2/c1-4-6-7-8-23-18-30(17-21-15-19(5-2)9-14-26(21)33-3)27(32)25-16-24(29-31(23)25)20-10-12-22(28)13-11-20/h9-16,23-24,29H,4-8,17-18H2,1-3H3. The number of aryl methyl sites for hydroxylation is 1. The molecule has 2 aromatic rings. The van der Waals surface area contributed by atoms with Crippen LogP contribution in [-0.2, 0) is 17.8 Å². The Kier molecular flexibility index (Phi) is 7.61. The monoisotopic (exact) mass is 467 g/mol. The molecule has 2 heterocycles. The molecule has 2 unspecified atom stereocenters. The quantitative estimate of drug-likeness (QED) is 0.484. The SMILES string of the molecule is CCCCCC1CN(Cc2cc(CC)ccc2OC)C(=O)C2=CC(c3ccc(Cl)cc3)NN21. The summed E-state index contributed by atoms with van der Waals surface area (Å²) in [6, 6.07) is 14.3. The molecule has 2 aliphatic rings. The molecule has 0 aliphatic carbocycles. The lowest BCUT2D eigenvalue weighted by Gasteiger charge is -2.42. The van der Waals surface area contributed by atoms with Crippen LogP contribution in [-0.4, -0.2) is 35.5 Å². The molecule has 33 heavy (non-hydrogen) atoms. The van der Waals surface area contributed by atoms with E-state index in [2.05, 4.69) is 42.5 Å². The number of ether oxygens (including phenoxy) is 1. The van der Waals surface area contributed by atoms with Crippen molar-refractivity contribution in [2.45, 2.75) is 64.6 Å². The van der Waals surface area contributed by atoms with Crippen molar-refractivity contribution in [3.8, 4) is 5.75 Å². The van der Waals surface area contributed by atoms with Gasteiger partial charge in [-0.15, -0.1) is 0 Å². The maximum absolute atomic E-state index is 13.6. The Balaban J connectivity index is 1.61. The summed E-state index contributed by atoms with van der Waals surface area (Å²) < 4.78 is 5.61. The summed E-state index contributed by atoms with van der Waals surface area (Å²) in [4.78, 5) is 15.6. The first-order chi connectivity index (χ1) is 16.0. The lowest BCUT2D eigenvalue weighted by atomic mass is 10.0. The van der Waals surface area contributed by atoms with Gasteiger partial charge in [0, 0.05) is 23.7 Å². The predicted molar refractivity (Wildman–Crippen MR) is 133 cm³/mol. The molecular formula is C27H34ClN3O2. The smallest absolute Gasteiger partial charge is 0.271 e. The first-order valence-corrected chi connectivity index (χ1v) is 12.4. The van der Waals surface area contributed by atoms with Gasteiger partial charge in [-0.05, 0) is 48.2 Å². The van der Waals surface area contributed by atoms with Crippen molar-refractivity contribution in [2.75, 3.05) is 13.7 Å². The highest BCUT2D eigenvalue weighted by Gasteiger charge is 2.40. The van der Waals surface area contributed by atoms with E-state index >= 15 is 0 Å². The number of hydrogen-bond donors (Lipinski definition) is 1. The van der Waals surface area contributed by atoms with Crippen LogP contribution in [0.2, 0.25) is 5.02 Å². The minimum absolute atomic E-state index is 0.0344. The molecule has 1 saturated heterocycles. The molecule has 2 aromatic carbocycles. The number of fused-ring (bicyclic) bond motifs is 1. The van der Waals surface area contributed by atoms with Crippen molar-refractivity contribution in [3.63, 3.8) is 0 Å². The fourth-order valence-corrected chi connectivity index (χ4v) is 4.89. The van der Waals surface area contributed by atoms with Crippen LogP contribution in [0.5, 0.6) is 5.75 Å². The van der Waals surface area contributed by atoms with Crippen LogP contribution in [0.1, 0.15) is 62.3 Å². The van der Waals surface area contributed by atoms with Gasteiger partial charge in [-0.1, -0.05) is 69.0 Å². The second-order valence-electron chi connectivity index (χ2n) is 8.92. The zero-order chi connectivity index (χ0) is 23.4. The van der Waals surface area contributed by atoms with Crippen molar-refractivity contribution in [3.05, 3.63) is 76.0 Å². The average molecular weight is 468 g/mol. The minimum atomic E-state index is -0.0344. The number of hydrazine groups is 1. The van der Waals surface area contributed by atoms with Gasteiger partial charge in [0.2, 0.25) is 0 Å². The Morgan fingerprint density at radius 3 is 2.61 bits per heavy atom.